The zero-order valence-corrected chi connectivity index (χ0v) is 16.1. The van der Waals surface area contributed by atoms with Gasteiger partial charge in [0.05, 0.1) is 6.10 Å². The van der Waals surface area contributed by atoms with E-state index >= 15 is 0 Å². The van der Waals surface area contributed by atoms with Crippen LogP contribution in [0.3, 0.4) is 0 Å². The Balaban J connectivity index is 3.72. The Morgan fingerprint density at radius 2 is 1.52 bits per heavy atom. The predicted molar refractivity (Wildman–Crippen MR) is 102 cm³/mol. The quantitative estimate of drug-likeness (QED) is 0.209. The fraction of sp³-hybridized carbons (Fsp3) is 0.714. The number of esters is 2. The number of hydrogen-bond acceptors (Lipinski definition) is 4. The van der Waals surface area contributed by atoms with Crippen LogP contribution in [0.2, 0.25) is 0 Å². The maximum Gasteiger partial charge on any atom is 0.306 e. The lowest BCUT2D eigenvalue weighted by atomic mass is 10.1. The van der Waals surface area contributed by atoms with Gasteiger partial charge in [0.2, 0.25) is 0 Å². The molecule has 0 amide bonds. The summed E-state index contributed by atoms with van der Waals surface area (Å²) in [4.78, 5) is 23.5. The molecule has 0 aromatic carbocycles. The first kappa shape index (κ1) is 23.4. The number of carbonyl (C=O) groups is 2. The zero-order chi connectivity index (χ0) is 18.9. The standard InChI is InChI=1S/C21H36O4/c1-5-8-9-10-11-12-15-18(4)24-20(22)16-13-17-21(23)25-19(7-3)14-6-2/h6-7,18-19H,2-3,5,8-17H2,1,4H3. The molecule has 0 saturated carbocycles. The van der Waals surface area contributed by atoms with Gasteiger partial charge < -0.3 is 9.47 Å². The van der Waals surface area contributed by atoms with Crippen LogP contribution in [0.25, 0.3) is 0 Å². The van der Waals surface area contributed by atoms with E-state index in [1.54, 1.807) is 12.2 Å². The second-order valence-corrected chi connectivity index (χ2v) is 6.50. The predicted octanol–water partition coefficient (Wildman–Crippen LogP) is 5.51. The second kappa shape index (κ2) is 15.9. The fourth-order valence-corrected chi connectivity index (χ4v) is 2.52. The molecule has 0 aliphatic heterocycles. The molecule has 0 rings (SSSR count). The summed E-state index contributed by atoms with van der Waals surface area (Å²) < 4.78 is 10.6. The summed E-state index contributed by atoms with van der Waals surface area (Å²) in [7, 11) is 0. The van der Waals surface area contributed by atoms with E-state index in [4.69, 9.17) is 9.47 Å². The van der Waals surface area contributed by atoms with Crippen molar-refractivity contribution in [2.24, 2.45) is 0 Å². The van der Waals surface area contributed by atoms with Crippen LogP contribution in [-0.2, 0) is 19.1 Å². The normalized spacial score (nSPS) is 12.9. The number of carbonyl (C=O) groups excluding carboxylic acids is 2. The highest BCUT2D eigenvalue weighted by atomic mass is 16.5. The van der Waals surface area contributed by atoms with Crippen LogP contribution >= 0.6 is 0 Å². The maximum atomic E-state index is 11.8. The molecule has 0 radical (unpaired) electrons. The third kappa shape index (κ3) is 14.5. The van der Waals surface area contributed by atoms with E-state index in [0.717, 1.165) is 12.8 Å². The van der Waals surface area contributed by atoms with Crippen LogP contribution in [0.15, 0.2) is 25.3 Å². The maximum absolute atomic E-state index is 11.8. The second-order valence-electron chi connectivity index (χ2n) is 6.50. The first-order valence-corrected chi connectivity index (χ1v) is 9.65. The smallest absolute Gasteiger partial charge is 0.306 e. The molecule has 2 unspecified atom stereocenters. The number of hydrogen-bond donors (Lipinski definition) is 0. The largest absolute Gasteiger partial charge is 0.463 e. The molecule has 0 bridgehead atoms. The van der Waals surface area contributed by atoms with Gasteiger partial charge in [-0.15, -0.1) is 6.58 Å². The Hall–Kier alpha value is -1.58. The number of rotatable bonds is 16. The highest BCUT2D eigenvalue weighted by molar-refractivity contribution is 5.72. The van der Waals surface area contributed by atoms with Crippen LogP contribution in [0.5, 0.6) is 0 Å². The van der Waals surface area contributed by atoms with Crippen molar-refractivity contribution in [2.45, 2.75) is 96.7 Å². The molecule has 0 saturated heterocycles. The van der Waals surface area contributed by atoms with E-state index in [-0.39, 0.29) is 37.0 Å². The van der Waals surface area contributed by atoms with E-state index in [1.165, 1.54) is 32.1 Å². The zero-order valence-electron chi connectivity index (χ0n) is 16.1. The highest BCUT2D eigenvalue weighted by Crippen LogP contribution is 2.12. The first-order valence-electron chi connectivity index (χ1n) is 9.65. The van der Waals surface area contributed by atoms with Gasteiger partial charge >= 0.3 is 11.9 Å². The molecular formula is C21H36O4. The summed E-state index contributed by atoms with van der Waals surface area (Å²) >= 11 is 0. The molecule has 2 atom stereocenters. The van der Waals surface area contributed by atoms with Crippen LogP contribution in [0.4, 0.5) is 0 Å². The van der Waals surface area contributed by atoms with Crippen molar-refractivity contribution in [3.8, 4) is 0 Å². The fourth-order valence-electron chi connectivity index (χ4n) is 2.52. The molecule has 0 aromatic rings. The highest BCUT2D eigenvalue weighted by Gasteiger charge is 2.13. The molecule has 0 heterocycles. The summed E-state index contributed by atoms with van der Waals surface area (Å²) in [6, 6.07) is 0. The Kier molecular flexibility index (Phi) is 14.9. The molecule has 0 N–H and O–H groups in total. The van der Waals surface area contributed by atoms with Crippen LogP contribution in [0, 0.1) is 0 Å². The Morgan fingerprint density at radius 1 is 0.920 bits per heavy atom. The minimum Gasteiger partial charge on any atom is -0.463 e. The lowest BCUT2D eigenvalue weighted by Crippen LogP contribution is -2.17. The van der Waals surface area contributed by atoms with Gasteiger partial charge in [-0.1, -0.05) is 57.8 Å². The van der Waals surface area contributed by atoms with Gasteiger partial charge in [0, 0.05) is 19.3 Å². The van der Waals surface area contributed by atoms with Gasteiger partial charge in [0.15, 0.2) is 0 Å². The van der Waals surface area contributed by atoms with Gasteiger partial charge in [0.1, 0.15) is 6.10 Å². The van der Waals surface area contributed by atoms with Crippen molar-refractivity contribution in [3.63, 3.8) is 0 Å². The van der Waals surface area contributed by atoms with E-state index in [2.05, 4.69) is 20.1 Å². The average Bonchev–Trinajstić information content (AvgIpc) is 2.57. The third-order valence-corrected chi connectivity index (χ3v) is 4.00. The summed E-state index contributed by atoms with van der Waals surface area (Å²) in [6.45, 7) is 11.4. The van der Waals surface area contributed by atoms with Crippen LogP contribution in [0.1, 0.15) is 84.5 Å². The van der Waals surface area contributed by atoms with Crippen molar-refractivity contribution >= 4 is 11.9 Å². The molecule has 0 aromatic heterocycles. The van der Waals surface area contributed by atoms with Crippen LogP contribution < -0.4 is 0 Å². The lowest BCUT2D eigenvalue weighted by molar-refractivity contribution is -0.149. The Bertz CT molecular complexity index is 389. The van der Waals surface area contributed by atoms with Gasteiger partial charge in [-0.25, -0.2) is 0 Å². The lowest BCUT2D eigenvalue weighted by Gasteiger charge is -2.14. The van der Waals surface area contributed by atoms with Crippen molar-refractivity contribution in [1.29, 1.82) is 0 Å². The van der Waals surface area contributed by atoms with Crippen molar-refractivity contribution in [2.75, 3.05) is 0 Å². The van der Waals surface area contributed by atoms with Crippen molar-refractivity contribution < 1.29 is 19.1 Å². The van der Waals surface area contributed by atoms with E-state index in [9.17, 15) is 9.59 Å². The molecule has 4 nitrogen and oxygen atoms in total. The van der Waals surface area contributed by atoms with Crippen LogP contribution in [-0.4, -0.2) is 24.1 Å². The van der Waals surface area contributed by atoms with Crippen molar-refractivity contribution in [3.05, 3.63) is 25.3 Å². The molecule has 25 heavy (non-hydrogen) atoms. The third-order valence-electron chi connectivity index (χ3n) is 4.00. The summed E-state index contributed by atoms with van der Waals surface area (Å²) in [5, 5.41) is 0. The molecule has 0 spiro atoms. The monoisotopic (exact) mass is 352 g/mol. The molecular weight excluding hydrogens is 316 g/mol. The minimum absolute atomic E-state index is 0.0524. The summed E-state index contributed by atoms with van der Waals surface area (Å²) in [5.74, 6) is -0.558. The average molecular weight is 353 g/mol. The van der Waals surface area contributed by atoms with Gasteiger partial charge in [-0.05, 0) is 26.2 Å². The Morgan fingerprint density at radius 3 is 2.12 bits per heavy atom. The number of unbranched alkanes of at least 4 members (excludes halogenated alkanes) is 5. The van der Waals surface area contributed by atoms with E-state index in [0.29, 0.717) is 12.8 Å². The summed E-state index contributed by atoms with van der Waals surface area (Å²) in [6.07, 6.45) is 12.6. The molecule has 0 fully saturated rings. The molecule has 144 valence electrons. The molecule has 0 aliphatic carbocycles. The van der Waals surface area contributed by atoms with Crippen molar-refractivity contribution in [1.82, 2.24) is 0 Å². The van der Waals surface area contributed by atoms with E-state index in [1.807, 2.05) is 6.92 Å². The van der Waals surface area contributed by atoms with Gasteiger partial charge in [-0.3, -0.25) is 9.59 Å². The van der Waals surface area contributed by atoms with E-state index < -0.39 is 0 Å². The topological polar surface area (TPSA) is 52.6 Å². The Labute approximate surface area is 153 Å². The molecule has 4 heteroatoms. The summed E-state index contributed by atoms with van der Waals surface area (Å²) in [5.41, 5.74) is 0. The minimum atomic E-state index is -0.339. The molecule has 0 aliphatic rings. The SMILES string of the molecule is C=CCC(C=C)OC(=O)CCCC(=O)OC(C)CCCCCCCC. The van der Waals surface area contributed by atoms with Gasteiger partial charge in [-0.2, -0.15) is 0 Å². The van der Waals surface area contributed by atoms with Gasteiger partial charge in [0.25, 0.3) is 0 Å². The number of ether oxygens (including phenoxy) is 2. The first-order chi connectivity index (χ1) is 12.0.